The molecule has 1 aliphatic heterocycles. The van der Waals surface area contributed by atoms with Gasteiger partial charge in [0.05, 0.1) is 0 Å². The first-order chi connectivity index (χ1) is 10.1. The summed E-state index contributed by atoms with van der Waals surface area (Å²) in [4.78, 5) is 2.40. The van der Waals surface area contributed by atoms with Gasteiger partial charge in [0.25, 0.3) is 0 Å². The van der Waals surface area contributed by atoms with Crippen molar-refractivity contribution in [1.82, 2.24) is 4.90 Å². The lowest BCUT2D eigenvalue weighted by Gasteiger charge is -2.42. The van der Waals surface area contributed by atoms with Crippen molar-refractivity contribution in [3.8, 4) is 0 Å². The van der Waals surface area contributed by atoms with Gasteiger partial charge in [-0.25, -0.2) is 8.78 Å². The van der Waals surface area contributed by atoms with Crippen molar-refractivity contribution in [2.24, 2.45) is 17.6 Å². The first-order valence-corrected chi connectivity index (χ1v) is 8.06. The molecule has 1 heterocycles. The van der Waals surface area contributed by atoms with E-state index in [1.54, 1.807) is 6.07 Å². The molecule has 2 nitrogen and oxygen atoms in total. The molecule has 2 N–H and O–H groups in total. The summed E-state index contributed by atoms with van der Waals surface area (Å²) in [5.74, 6) is 0.0852. The molecule has 0 radical (unpaired) electrons. The summed E-state index contributed by atoms with van der Waals surface area (Å²) in [6.45, 7) is 2.93. The summed E-state index contributed by atoms with van der Waals surface area (Å²) in [5.41, 5.74) is 6.86. The van der Waals surface area contributed by atoms with Gasteiger partial charge in [0.1, 0.15) is 0 Å². The number of hydrogen-bond acceptors (Lipinski definition) is 2. The van der Waals surface area contributed by atoms with Crippen LogP contribution in [0.2, 0.25) is 0 Å². The van der Waals surface area contributed by atoms with Gasteiger partial charge in [-0.1, -0.05) is 25.3 Å². The summed E-state index contributed by atoms with van der Waals surface area (Å²) in [5, 5.41) is 0. The third-order valence-corrected chi connectivity index (χ3v) is 5.20. The second-order valence-corrected chi connectivity index (χ2v) is 6.63. The Morgan fingerprint density at radius 2 is 1.86 bits per heavy atom. The fourth-order valence-corrected chi connectivity index (χ4v) is 3.97. The molecule has 2 aliphatic rings. The third kappa shape index (κ3) is 3.43. The Labute approximate surface area is 125 Å². The largest absolute Gasteiger partial charge is 0.323 e. The topological polar surface area (TPSA) is 29.3 Å². The molecule has 1 saturated heterocycles. The van der Waals surface area contributed by atoms with Gasteiger partial charge in [-0.2, -0.15) is 0 Å². The Hall–Kier alpha value is -1.00. The molecular formula is C17H24F2N2. The van der Waals surface area contributed by atoms with Gasteiger partial charge in [0.2, 0.25) is 0 Å². The van der Waals surface area contributed by atoms with E-state index in [-0.39, 0.29) is 6.04 Å². The van der Waals surface area contributed by atoms with Gasteiger partial charge in [0, 0.05) is 19.1 Å². The smallest absolute Gasteiger partial charge is 0.159 e. The minimum Gasteiger partial charge on any atom is -0.323 e. The van der Waals surface area contributed by atoms with E-state index in [9.17, 15) is 8.78 Å². The highest BCUT2D eigenvalue weighted by Crippen LogP contribution is 2.36. The summed E-state index contributed by atoms with van der Waals surface area (Å²) in [7, 11) is 0. The van der Waals surface area contributed by atoms with Crippen LogP contribution in [0, 0.1) is 23.5 Å². The monoisotopic (exact) mass is 294 g/mol. The van der Waals surface area contributed by atoms with E-state index in [2.05, 4.69) is 4.90 Å². The van der Waals surface area contributed by atoms with E-state index in [1.807, 2.05) is 0 Å². The van der Waals surface area contributed by atoms with Crippen molar-refractivity contribution < 1.29 is 8.78 Å². The predicted molar refractivity (Wildman–Crippen MR) is 79.8 cm³/mol. The Morgan fingerprint density at radius 3 is 2.62 bits per heavy atom. The standard InChI is InChI=1S/C17H24F2N2/c18-15-6-5-13(9-16(15)19)17(20)11-21-8-7-12-3-1-2-4-14(12)10-21/h5-6,9,12,14,17H,1-4,7-8,10-11,20H2. The van der Waals surface area contributed by atoms with E-state index in [0.29, 0.717) is 5.56 Å². The van der Waals surface area contributed by atoms with E-state index >= 15 is 0 Å². The third-order valence-electron chi connectivity index (χ3n) is 5.20. The van der Waals surface area contributed by atoms with Crippen LogP contribution in [0.1, 0.15) is 43.7 Å². The van der Waals surface area contributed by atoms with Crippen LogP contribution in [0.25, 0.3) is 0 Å². The van der Waals surface area contributed by atoms with Gasteiger partial charge >= 0.3 is 0 Å². The number of nitrogens with zero attached hydrogens (tertiary/aromatic N) is 1. The zero-order valence-corrected chi connectivity index (χ0v) is 12.4. The van der Waals surface area contributed by atoms with Crippen molar-refractivity contribution in [3.05, 3.63) is 35.4 Å². The number of piperidine rings is 1. The molecule has 0 aromatic heterocycles. The zero-order valence-electron chi connectivity index (χ0n) is 12.4. The maximum Gasteiger partial charge on any atom is 0.159 e. The van der Waals surface area contributed by atoms with Crippen LogP contribution in [0.15, 0.2) is 18.2 Å². The van der Waals surface area contributed by atoms with Gasteiger partial charge in [-0.05, 0) is 48.9 Å². The lowest BCUT2D eigenvalue weighted by Crippen LogP contribution is -2.44. The van der Waals surface area contributed by atoms with Crippen molar-refractivity contribution in [2.45, 2.75) is 38.1 Å². The molecule has 0 spiro atoms. The normalized spacial score (nSPS) is 28.1. The second kappa shape index (κ2) is 6.41. The highest BCUT2D eigenvalue weighted by atomic mass is 19.2. The number of rotatable bonds is 3. The molecule has 3 atom stereocenters. The molecule has 1 aromatic carbocycles. The first kappa shape index (κ1) is 14.9. The van der Waals surface area contributed by atoms with Crippen molar-refractivity contribution in [2.75, 3.05) is 19.6 Å². The number of likely N-dealkylation sites (tertiary alicyclic amines) is 1. The van der Waals surface area contributed by atoms with Crippen molar-refractivity contribution in [1.29, 1.82) is 0 Å². The Morgan fingerprint density at radius 1 is 1.10 bits per heavy atom. The van der Waals surface area contributed by atoms with Crippen molar-refractivity contribution >= 4 is 0 Å². The molecule has 4 heteroatoms. The van der Waals surface area contributed by atoms with Crippen LogP contribution in [-0.2, 0) is 0 Å². The Bertz CT molecular complexity index is 492. The van der Waals surface area contributed by atoms with Gasteiger partial charge < -0.3 is 10.6 Å². The van der Waals surface area contributed by atoms with E-state index in [1.165, 1.54) is 38.2 Å². The molecule has 0 amide bonds. The lowest BCUT2D eigenvalue weighted by molar-refractivity contribution is 0.0828. The van der Waals surface area contributed by atoms with Gasteiger partial charge in [-0.15, -0.1) is 0 Å². The number of nitrogens with two attached hydrogens (primary N) is 1. The van der Waals surface area contributed by atoms with Crippen LogP contribution in [0.4, 0.5) is 8.78 Å². The second-order valence-electron chi connectivity index (χ2n) is 6.63. The minimum atomic E-state index is -0.811. The summed E-state index contributed by atoms with van der Waals surface area (Å²) in [6.07, 6.45) is 6.71. The van der Waals surface area contributed by atoms with Crippen LogP contribution in [0.5, 0.6) is 0 Å². The highest BCUT2D eigenvalue weighted by molar-refractivity contribution is 5.21. The van der Waals surface area contributed by atoms with Gasteiger partial charge in [-0.3, -0.25) is 0 Å². The Balaban J connectivity index is 1.59. The zero-order chi connectivity index (χ0) is 14.8. The van der Waals surface area contributed by atoms with Crippen LogP contribution in [0.3, 0.4) is 0 Å². The molecule has 3 unspecified atom stereocenters. The molecule has 2 fully saturated rings. The molecule has 1 aliphatic carbocycles. The number of hydrogen-bond donors (Lipinski definition) is 1. The average Bonchev–Trinajstić information content (AvgIpc) is 2.50. The molecule has 1 saturated carbocycles. The highest BCUT2D eigenvalue weighted by Gasteiger charge is 2.31. The molecule has 21 heavy (non-hydrogen) atoms. The first-order valence-electron chi connectivity index (χ1n) is 8.06. The van der Waals surface area contributed by atoms with Crippen molar-refractivity contribution in [3.63, 3.8) is 0 Å². The van der Waals surface area contributed by atoms with E-state index in [4.69, 9.17) is 5.73 Å². The molecule has 0 bridgehead atoms. The molecular weight excluding hydrogens is 270 g/mol. The van der Waals surface area contributed by atoms with Crippen LogP contribution >= 0.6 is 0 Å². The number of benzene rings is 1. The number of fused-ring (bicyclic) bond motifs is 1. The maximum absolute atomic E-state index is 13.3. The summed E-state index contributed by atoms with van der Waals surface area (Å²) in [6, 6.07) is 3.74. The quantitative estimate of drug-likeness (QED) is 0.925. The average molecular weight is 294 g/mol. The lowest BCUT2D eigenvalue weighted by atomic mass is 9.75. The predicted octanol–water partition coefficient (Wildman–Crippen LogP) is 3.48. The SMILES string of the molecule is NC(CN1CCC2CCCCC2C1)c1ccc(F)c(F)c1. The van der Waals surface area contributed by atoms with Gasteiger partial charge in [0.15, 0.2) is 11.6 Å². The maximum atomic E-state index is 13.3. The van der Waals surface area contributed by atoms with Crippen LogP contribution < -0.4 is 5.73 Å². The fraction of sp³-hybridized carbons (Fsp3) is 0.647. The molecule has 1 aromatic rings. The molecule has 116 valence electrons. The minimum absolute atomic E-state index is 0.250. The summed E-state index contributed by atoms with van der Waals surface area (Å²) >= 11 is 0. The van der Waals surface area contributed by atoms with Crippen LogP contribution in [-0.4, -0.2) is 24.5 Å². The fourth-order valence-electron chi connectivity index (χ4n) is 3.97. The van der Waals surface area contributed by atoms with E-state index in [0.717, 1.165) is 37.5 Å². The molecule has 3 rings (SSSR count). The Kier molecular flexibility index (Phi) is 4.55. The summed E-state index contributed by atoms with van der Waals surface area (Å²) < 4.78 is 26.3. The number of halogens is 2. The van der Waals surface area contributed by atoms with E-state index < -0.39 is 11.6 Å².